The Morgan fingerprint density at radius 1 is 1.29 bits per heavy atom. The first-order chi connectivity index (χ1) is 7.79. The highest BCUT2D eigenvalue weighted by atomic mass is 16.5. The van der Waals surface area contributed by atoms with E-state index in [0.717, 1.165) is 0 Å². The first kappa shape index (κ1) is 15.9. The Morgan fingerprint density at radius 2 is 1.82 bits per heavy atom. The number of esters is 1. The van der Waals surface area contributed by atoms with Gasteiger partial charge in [-0.2, -0.15) is 0 Å². The first-order valence-electron chi connectivity index (χ1n) is 5.82. The minimum atomic E-state index is -0.863. The molecule has 3 atom stereocenters. The van der Waals surface area contributed by atoms with Crippen molar-refractivity contribution in [2.24, 2.45) is 11.8 Å². The summed E-state index contributed by atoms with van der Waals surface area (Å²) in [5.41, 5.74) is 0. The molecule has 2 N–H and O–H groups in total. The Labute approximate surface area is 103 Å². The molecule has 0 fully saturated rings. The topological polar surface area (TPSA) is 75.6 Å². The van der Waals surface area contributed by atoms with Crippen LogP contribution in [0.4, 0.5) is 0 Å². The molecule has 0 spiro atoms. The van der Waals surface area contributed by atoms with Crippen LogP contribution < -0.4 is 5.32 Å². The van der Waals surface area contributed by atoms with E-state index in [2.05, 4.69) is 10.1 Å². The van der Waals surface area contributed by atoms with E-state index < -0.39 is 24.0 Å². The fraction of sp³-hybridized carbons (Fsp3) is 0.833. The van der Waals surface area contributed by atoms with Gasteiger partial charge < -0.3 is 15.2 Å². The van der Waals surface area contributed by atoms with Crippen LogP contribution in [0.1, 0.15) is 34.1 Å². The molecule has 0 rings (SSSR count). The predicted octanol–water partition coefficient (Wildman–Crippen LogP) is 0.707. The highest BCUT2D eigenvalue weighted by Gasteiger charge is 2.34. The van der Waals surface area contributed by atoms with Crippen LogP contribution in [0.3, 0.4) is 0 Å². The van der Waals surface area contributed by atoms with Crippen molar-refractivity contribution < 1.29 is 19.4 Å². The van der Waals surface area contributed by atoms with Crippen LogP contribution in [0, 0.1) is 11.8 Å². The van der Waals surface area contributed by atoms with E-state index in [-0.39, 0.29) is 5.91 Å². The van der Waals surface area contributed by atoms with Crippen LogP contribution in [0.2, 0.25) is 0 Å². The highest BCUT2D eigenvalue weighted by Crippen LogP contribution is 2.18. The third kappa shape index (κ3) is 5.68. The molecule has 0 bridgehead atoms. The molecule has 100 valence electrons. The van der Waals surface area contributed by atoms with E-state index in [4.69, 9.17) is 0 Å². The quantitative estimate of drug-likeness (QED) is 0.676. The van der Waals surface area contributed by atoms with Crippen LogP contribution in [0.25, 0.3) is 0 Å². The maximum Gasteiger partial charge on any atom is 0.313 e. The summed E-state index contributed by atoms with van der Waals surface area (Å²) in [6.45, 7) is 6.90. The number of carbonyl (C=O) groups is 2. The van der Waals surface area contributed by atoms with Gasteiger partial charge in [-0.1, -0.05) is 13.8 Å². The van der Waals surface area contributed by atoms with Crippen molar-refractivity contribution in [3.8, 4) is 0 Å². The maximum atomic E-state index is 11.6. The Kier molecular flexibility index (Phi) is 6.80. The number of rotatable bonds is 6. The van der Waals surface area contributed by atoms with Gasteiger partial charge in [0.2, 0.25) is 5.91 Å². The lowest BCUT2D eigenvalue weighted by Gasteiger charge is -2.29. The molecular formula is C12H23NO4. The average Bonchev–Trinajstić information content (AvgIpc) is 2.14. The molecule has 0 aromatic carbocycles. The van der Waals surface area contributed by atoms with E-state index in [1.807, 2.05) is 13.8 Å². The summed E-state index contributed by atoms with van der Waals surface area (Å²) in [5, 5.41) is 12.4. The van der Waals surface area contributed by atoms with Crippen LogP contribution in [0.5, 0.6) is 0 Å². The first-order valence-corrected chi connectivity index (χ1v) is 5.82. The fourth-order valence-electron chi connectivity index (χ4n) is 1.90. The zero-order valence-electron chi connectivity index (χ0n) is 11.2. The number of aliphatic hydroxyl groups excluding tert-OH is 1. The number of aliphatic hydroxyl groups is 1. The lowest BCUT2D eigenvalue weighted by Crippen LogP contribution is -2.48. The van der Waals surface area contributed by atoms with Crippen molar-refractivity contribution in [3.63, 3.8) is 0 Å². The molecule has 0 aliphatic carbocycles. The molecule has 0 radical (unpaired) electrons. The summed E-state index contributed by atoms with van der Waals surface area (Å²) >= 11 is 0. The summed E-state index contributed by atoms with van der Waals surface area (Å²) in [6, 6.07) is -0.403. The van der Waals surface area contributed by atoms with Crippen molar-refractivity contribution in [3.05, 3.63) is 0 Å². The smallest absolute Gasteiger partial charge is 0.313 e. The van der Waals surface area contributed by atoms with Crippen LogP contribution in [-0.4, -0.2) is 36.2 Å². The number of ether oxygens (including phenoxy) is 1. The molecule has 5 heteroatoms. The number of hydrogen-bond acceptors (Lipinski definition) is 4. The summed E-state index contributed by atoms with van der Waals surface area (Å²) in [4.78, 5) is 22.8. The van der Waals surface area contributed by atoms with Gasteiger partial charge >= 0.3 is 5.97 Å². The SMILES string of the molecule is COC(=O)[C@H]([C@H](C)O)[C@H](CC(C)C)NC(C)=O. The maximum absolute atomic E-state index is 11.6. The highest BCUT2D eigenvalue weighted by molar-refractivity contribution is 5.77. The summed E-state index contributed by atoms with van der Waals surface area (Å²) < 4.78 is 4.67. The summed E-state index contributed by atoms with van der Waals surface area (Å²) in [5.74, 6) is -1.14. The molecule has 0 aliphatic heterocycles. The van der Waals surface area contributed by atoms with Crippen LogP contribution >= 0.6 is 0 Å². The molecule has 0 saturated heterocycles. The second-order valence-corrected chi connectivity index (χ2v) is 4.73. The molecule has 0 aromatic rings. The Bertz CT molecular complexity index is 263. The zero-order chi connectivity index (χ0) is 13.6. The van der Waals surface area contributed by atoms with Crippen molar-refractivity contribution in [1.29, 1.82) is 0 Å². The standard InChI is InChI=1S/C12H23NO4/c1-7(2)6-10(13-9(4)15)11(8(3)14)12(16)17-5/h7-8,10-11,14H,6H2,1-5H3,(H,13,15)/t8-,10-,11+/m0/s1. The van der Waals surface area contributed by atoms with E-state index in [1.54, 1.807) is 0 Å². The van der Waals surface area contributed by atoms with Gasteiger partial charge in [-0.3, -0.25) is 9.59 Å². The molecule has 17 heavy (non-hydrogen) atoms. The minimum Gasteiger partial charge on any atom is -0.469 e. The van der Waals surface area contributed by atoms with Crippen molar-refractivity contribution >= 4 is 11.9 Å². The van der Waals surface area contributed by atoms with Gasteiger partial charge in [0, 0.05) is 13.0 Å². The van der Waals surface area contributed by atoms with Gasteiger partial charge in [-0.15, -0.1) is 0 Å². The van der Waals surface area contributed by atoms with Gasteiger partial charge in [-0.25, -0.2) is 0 Å². The molecule has 0 heterocycles. The monoisotopic (exact) mass is 245 g/mol. The number of carbonyl (C=O) groups excluding carboxylic acids is 2. The molecule has 5 nitrogen and oxygen atoms in total. The van der Waals surface area contributed by atoms with Crippen LogP contribution in [0.15, 0.2) is 0 Å². The zero-order valence-corrected chi connectivity index (χ0v) is 11.2. The summed E-state index contributed by atoms with van der Waals surface area (Å²) in [6.07, 6.45) is -0.248. The molecule has 1 amide bonds. The van der Waals surface area contributed by atoms with Crippen molar-refractivity contribution in [2.75, 3.05) is 7.11 Å². The normalized spacial score (nSPS) is 16.2. The van der Waals surface area contributed by atoms with E-state index in [1.165, 1.54) is 21.0 Å². The van der Waals surface area contributed by atoms with E-state index in [0.29, 0.717) is 12.3 Å². The van der Waals surface area contributed by atoms with Gasteiger partial charge in [-0.05, 0) is 19.3 Å². The number of methoxy groups -OCH3 is 1. The number of hydrogen-bond donors (Lipinski definition) is 2. The Hall–Kier alpha value is -1.10. The van der Waals surface area contributed by atoms with E-state index in [9.17, 15) is 14.7 Å². The third-order valence-electron chi connectivity index (χ3n) is 2.54. The molecular weight excluding hydrogens is 222 g/mol. The predicted molar refractivity (Wildman–Crippen MR) is 64.2 cm³/mol. The second kappa shape index (κ2) is 7.27. The number of amides is 1. The third-order valence-corrected chi connectivity index (χ3v) is 2.54. The molecule has 0 unspecified atom stereocenters. The molecule has 0 aliphatic rings. The van der Waals surface area contributed by atoms with Crippen molar-refractivity contribution in [1.82, 2.24) is 5.32 Å². The fourth-order valence-corrected chi connectivity index (χ4v) is 1.90. The number of nitrogens with one attached hydrogen (secondary N) is 1. The van der Waals surface area contributed by atoms with Gasteiger partial charge in [0.15, 0.2) is 0 Å². The summed E-state index contributed by atoms with van der Waals surface area (Å²) in [7, 11) is 1.28. The second-order valence-electron chi connectivity index (χ2n) is 4.73. The minimum absolute atomic E-state index is 0.217. The van der Waals surface area contributed by atoms with Crippen molar-refractivity contribution in [2.45, 2.75) is 46.3 Å². The largest absolute Gasteiger partial charge is 0.469 e. The molecule has 0 aromatic heterocycles. The van der Waals surface area contributed by atoms with Gasteiger partial charge in [0.1, 0.15) is 5.92 Å². The van der Waals surface area contributed by atoms with Gasteiger partial charge in [0.25, 0.3) is 0 Å². The van der Waals surface area contributed by atoms with Crippen LogP contribution in [-0.2, 0) is 14.3 Å². The van der Waals surface area contributed by atoms with E-state index >= 15 is 0 Å². The lowest BCUT2D eigenvalue weighted by atomic mass is 9.88. The Morgan fingerprint density at radius 3 is 2.12 bits per heavy atom. The Balaban J connectivity index is 4.92. The lowest BCUT2D eigenvalue weighted by molar-refractivity contribution is -0.151. The molecule has 0 saturated carbocycles. The average molecular weight is 245 g/mol. The van der Waals surface area contributed by atoms with Gasteiger partial charge in [0.05, 0.1) is 13.2 Å².